The maximum Gasteiger partial charge on any atom is 0.236 e. The van der Waals surface area contributed by atoms with Gasteiger partial charge in [0.2, 0.25) is 5.91 Å². The first-order valence-corrected chi connectivity index (χ1v) is 5.80. The summed E-state index contributed by atoms with van der Waals surface area (Å²) in [4.78, 5) is 13.7. The van der Waals surface area contributed by atoms with Gasteiger partial charge in [0, 0.05) is 25.2 Å². The van der Waals surface area contributed by atoms with Gasteiger partial charge >= 0.3 is 0 Å². The quantitative estimate of drug-likeness (QED) is 0.735. The Morgan fingerprint density at radius 2 is 2.20 bits per heavy atom. The molecule has 86 valence electrons. The number of nitrogens with one attached hydrogen (secondary N) is 1. The van der Waals surface area contributed by atoms with Crippen molar-refractivity contribution in [2.45, 2.75) is 31.7 Å². The van der Waals surface area contributed by atoms with Crippen LogP contribution in [-0.4, -0.2) is 49.2 Å². The highest BCUT2D eigenvalue weighted by molar-refractivity contribution is 5.78. The van der Waals surface area contributed by atoms with Gasteiger partial charge in [0.25, 0.3) is 0 Å². The molecule has 2 aliphatic rings. The van der Waals surface area contributed by atoms with Crippen LogP contribution in [-0.2, 0) is 9.53 Å². The van der Waals surface area contributed by atoms with Crippen molar-refractivity contribution in [3.05, 3.63) is 0 Å². The molecule has 0 aromatic carbocycles. The Morgan fingerprint density at radius 3 is 2.80 bits per heavy atom. The molecule has 2 aliphatic heterocycles. The molecule has 0 bridgehead atoms. The van der Waals surface area contributed by atoms with E-state index in [0.29, 0.717) is 6.54 Å². The van der Waals surface area contributed by atoms with Gasteiger partial charge in [-0.05, 0) is 26.2 Å². The molecule has 1 amide bonds. The molecule has 1 N–H and O–H groups in total. The van der Waals surface area contributed by atoms with Crippen LogP contribution in [0.1, 0.15) is 26.2 Å². The highest BCUT2D eigenvalue weighted by Crippen LogP contribution is 2.17. The van der Waals surface area contributed by atoms with Crippen molar-refractivity contribution in [2.75, 3.05) is 32.8 Å². The first kappa shape index (κ1) is 10.9. The normalized spacial score (nSPS) is 31.1. The molecule has 2 rings (SSSR count). The molecular weight excluding hydrogens is 192 g/mol. The molecule has 0 aromatic rings. The molecule has 0 saturated carbocycles. The number of rotatable bonds is 3. The average Bonchev–Trinajstić information content (AvgIpc) is 2.85. The second kappa shape index (κ2) is 4.49. The van der Waals surface area contributed by atoms with Crippen LogP contribution < -0.4 is 5.32 Å². The Hall–Kier alpha value is -0.610. The van der Waals surface area contributed by atoms with E-state index < -0.39 is 0 Å². The van der Waals surface area contributed by atoms with Crippen molar-refractivity contribution in [1.82, 2.24) is 10.2 Å². The molecule has 4 nitrogen and oxygen atoms in total. The third-order valence-corrected chi connectivity index (χ3v) is 3.34. The summed E-state index contributed by atoms with van der Waals surface area (Å²) in [6.07, 6.45) is 3.32. The lowest BCUT2D eigenvalue weighted by Gasteiger charge is -2.25. The topological polar surface area (TPSA) is 41.6 Å². The standard InChI is InChI=1S/C11H20N2O2/c1-11(4-7-15-9-11)12-8-10(14)13-5-2-3-6-13/h12H,2-9H2,1H3. The Balaban J connectivity index is 1.74. The van der Waals surface area contributed by atoms with Gasteiger partial charge in [0.05, 0.1) is 13.2 Å². The van der Waals surface area contributed by atoms with Gasteiger partial charge in [-0.15, -0.1) is 0 Å². The summed E-state index contributed by atoms with van der Waals surface area (Å²) in [6.45, 7) is 5.99. The summed E-state index contributed by atoms with van der Waals surface area (Å²) < 4.78 is 5.33. The first-order chi connectivity index (χ1) is 7.20. The molecule has 2 fully saturated rings. The van der Waals surface area contributed by atoms with Crippen LogP contribution in [0.15, 0.2) is 0 Å². The zero-order valence-corrected chi connectivity index (χ0v) is 9.42. The summed E-state index contributed by atoms with van der Waals surface area (Å²) in [7, 11) is 0. The third-order valence-electron chi connectivity index (χ3n) is 3.34. The van der Waals surface area contributed by atoms with Crippen LogP contribution in [0.2, 0.25) is 0 Å². The van der Waals surface area contributed by atoms with Crippen LogP contribution in [0, 0.1) is 0 Å². The van der Waals surface area contributed by atoms with Gasteiger partial charge < -0.3 is 15.0 Å². The molecule has 0 spiro atoms. The number of amides is 1. The molecule has 2 saturated heterocycles. The van der Waals surface area contributed by atoms with E-state index in [4.69, 9.17) is 4.74 Å². The lowest BCUT2D eigenvalue weighted by Crippen LogP contribution is -2.48. The van der Waals surface area contributed by atoms with Gasteiger partial charge in [-0.3, -0.25) is 4.79 Å². The van der Waals surface area contributed by atoms with Gasteiger partial charge in [-0.2, -0.15) is 0 Å². The van der Waals surface area contributed by atoms with E-state index in [0.717, 1.165) is 45.6 Å². The highest BCUT2D eigenvalue weighted by atomic mass is 16.5. The number of carbonyl (C=O) groups excluding carboxylic acids is 1. The Kier molecular flexibility index (Phi) is 3.26. The average molecular weight is 212 g/mol. The van der Waals surface area contributed by atoms with Crippen LogP contribution in [0.3, 0.4) is 0 Å². The second-order valence-electron chi connectivity index (χ2n) is 4.80. The van der Waals surface area contributed by atoms with Gasteiger partial charge in [-0.1, -0.05) is 0 Å². The molecule has 15 heavy (non-hydrogen) atoms. The number of likely N-dealkylation sites (tertiary alicyclic amines) is 1. The van der Waals surface area contributed by atoms with E-state index in [2.05, 4.69) is 12.2 Å². The molecule has 0 radical (unpaired) electrons. The zero-order valence-electron chi connectivity index (χ0n) is 9.42. The molecule has 1 atom stereocenters. The summed E-state index contributed by atoms with van der Waals surface area (Å²) >= 11 is 0. The Morgan fingerprint density at radius 1 is 1.47 bits per heavy atom. The predicted molar refractivity (Wildman–Crippen MR) is 57.7 cm³/mol. The summed E-state index contributed by atoms with van der Waals surface area (Å²) in [5.74, 6) is 0.237. The maximum atomic E-state index is 11.8. The predicted octanol–water partition coefficient (Wildman–Crippen LogP) is 0.377. The molecule has 2 heterocycles. The fourth-order valence-electron chi connectivity index (χ4n) is 2.17. The number of hydrogen-bond donors (Lipinski definition) is 1. The number of hydrogen-bond acceptors (Lipinski definition) is 3. The molecule has 1 unspecified atom stereocenters. The van der Waals surface area contributed by atoms with Crippen molar-refractivity contribution in [3.8, 4) is 0 Å². The zero-order chi connectivity index (χ0) is 10.7. The Bertz CT molecular complexity index is 231. The van der Waals surface area contributed by atoms with E-state index >= 15 is 0 Å². The van der Waals surface area contributed by atoms with E-state index in [1.165, 1.54) is 0 Å². The van der Waals surface area contributed by atoms with Crippen molar-refractivity contribution >= 4 is 5.91 Å². The fourth-order valence-corrected chi connectivity index (χ4v) is 2.17. The minimum Gasteiger partial charge on any atom is -0.379 e. The summed E-state index contributed by atoms with van der Waals surface area (Å²) in [6, 6.07) is 0. The van der Waals surface area contributed by atoms with Gasteiger partial charge in [0.1, 0.15) is 0 Å². The van der Waals surface area contributed by atoms with Crippen LogP contribution >= 0.6 is 0 Å². The fraction of sp³-hybridized carbons (Fsp3) is 0.909. The number of carbonyl (C=O) groups is 1. The van der Waals surface area contributed by atoms with E-state index in [9.17, 15) is 4.79 Å². The van der Waals surface area contributed by atoms with Gasteiger partial charge in [-0.25, -0.2) is 0 Å². The van der Waals surface area contributed by atoms with E-state index in [1.807, 2.05) is 4.90 Å². The minimum atomic E-state index is 0.00931. The third kappa shape index (κ3) is 2.69. The summed E-state index contributed by atoms with van der Waals surface area (Å²) in [5.41, 5.74) is 0.00931. The van der Waals surface area contributed by atoms with Crippen LogP contribution in [0.5, 0.6) is 0 Å². The van der Waals surface area contributed by atoms with Gasteiger partial charge in [0.15, 0.2) is 0 Å². The van der Waals surface area contributed by atoms with E-state index in [1.54, 1.807) is 0 Å². The number of nitrogens with zero attached hydrogens (tertiary/aromatic N) is 1. The monoisotopic (exact) mass is 212 g/mol. The smallest absolute Gasteiger partial charge is 0.236 e. The molecular formula is C11H20N2O2. The molecule has 0 aliphatic carbocycles. The van der Waals surface area contributed by atoms with Crippen LogP contribution in [0.4, 0.5) is 0 Å². The SMILES string of the molecule is CC1(NCC(=O)N2CCCC2)CCOC1. The highest BCUT2D eigenvalue weighted by Gasteiger charge is 2.30. The largest absolute Gasteiger partial charge is 0.379 e. The second-order valence-corrected chi connectivity index (χ2v) is 4.80. The van der Waals surface area contributed by atoms with Crippen molar-refractivity contribution < 1.29 is 9.53 Å². The van der Waals surface area contributed by atoms with E-state index in [-0.39, 0.29) is 11.4 Å². The van der Waals surface area contributed by atoms with Crippen LogP contribution in [0.25, 0.3) is 0 Å². The lowest BCUT2D eigenvalue weighted by atomic mass is 10.0. The molecule has 0 aromatic heterocycles. The lowest BCUT2D eigenvalue weighted by molar-refractivity contribution is -0.129. The summed E-state index contributed by atoms with van der Waals surface area (Å²) in [5, 5.41) is 3.32. The minimum absolute atomic E-state index is 0.00931. The van der Waals surface area contributed by atoms with Crippen molar-refractivity contribution in [1.29, 1.82) is 0 Å². The molecule has 4 heteroatoms. The first-order valence-electron chi connectivity index (χ1n) is 5.80. The maximum absolute atomic E-state index is 11.8. The Labute approximate surface area is 91.0 Å². The van der Waals surface area contributed by atoms with Crippen molar-refractivity contribution in [2.24, 2.45) is 0 Å². The van der Waals surface area contributed by atoms with Crippen molar-refractivity contribution in [3.63, 3.8) is 0 Å². The number of ether oxygens (including phenoxy) is 1.